The zero-order valence-electron chi connectivity index (χ0n) is 12.3. The average Bonchev–Trinajstić information content (AvgIpc) is 2.39. The minimum atomic E-state index is -0.0527. The summed E-state index contributed by atoms with van der Waals surface area (Å²) in [5.41, 5.74) is 1.19. The van der Waals surface area contributed by atoms with Crippen molar-refractivity contribution in [2.24, 2.45) is 0 Å². The van der Waals surface area contributed by atoms with Crippen molar-refractivity contribution >= 4 is 0 Å². The fourth-order valence-electron chi connectivity index (χ4n) is 2.67. The SMILES string of the molecule is C=C(C)CCC(NCCC)C1(OC)CCOCC1. The number of hydrogen-bond acceptors (Lipinski definition) is 3. The Bertz CT molecular complexity index is 247. The number of hydrogen-bond donors (Lipinski definition) is 1. The Morgan fingerprint density at radius 3 is 2.61 bits per heavy atom. The third kappa shape index (κ3) is 4.38. The van der Waals surface area contributed by atoms with Gasteiger partial charge in [-0.15, -0.1) is 6.58 Å². The van der Waals surface area contributed by atoms with E-state index >= 15 is 0 Å². The molecule has 0 aromatic heterocycles. The third-order valence-corrected chi connectivity index (χ3v) is 3.88. The lowest BCUT2D eigenvalue weighted by Crippen LogP contribution is -2.55. The summed E-state index contributed by atoms with van der Waals surface area (Å²) in [6.07, 6.45) is 5.29. The van der Waals surface area contributed by atoms with Crippen LogP contribution in [0.25, 0.3) is 0 Å². The van der Waals surface area contributed by atoms with E-state index in [0.29, 0.717) is 6.04 Å². The Morgan fingerprint density at radius 1 is 1.44 bits per heavy atom. The molecule has 0 spiro atoms. The van der Waals surface area contributed by atoms with Gasteiger partial charge in [0, 0.05) is 39.2 Å². The van der Waals surface area contributed by atoms with Crippen molar-refractivity contribution in [2.45, 2.75) is 57.6 Å². The molecule has 0 bridgehead atoms. The maximum absolute atomic E-state index is 5.90. The van der Waals surface area contributed by atoms with E-state index in [1.807, 2.05) is 7.11 Å². The van der Waals surface area contributed by atoms with E-state index < -0.39 is 0 Å². The van der Waals surface area contributed by atoms with E-state index in [4.69, 9.17) is 9.47 Å². The normalized spacial score (nSPS) is 20.6. The van der Waals surface area contributed by atoms with Crippen LogP contribution in [0, 0.1) is 0 Å². The average molecular weight is 255 g/mol. The molecule has 0 aliphatic carbocycles. The fourth-order valence-corrected chi connectivity index (χ4v) is 2.67. The lowest BCUT2D eigenvalue weighted by atomic mass is 9.83. The van der Waals surface area contributed by atoms with Crippen molar-refractivity contribution in [3.05, 3.63) is 12.2 Å². The van der Waals surface area contributed by atoms with Gasteiger partial charge in [-0.25, -0.2) is 0 Å². The predicted octanol–water partition coefficient (Wildman–Crippen LogP) is 2.91. The molecule has 18 heavy (non-hydrogen) atoms. The highest BCUT2D eigenvalue weighted by Crippen LogP contribution is 2.31. The first-order chi connectivity index (χ1) is 8.64. The van der Waals surface area contributed by atoms with Crippen LogP contribution in [0.3, 0.4) is 0 Å². The molecule has 1 unspecified atom stereocenters. The van der Waals surface area contributed by atoms with Crippen molar-refractivity contribution in [3.8, 4) is 0 Å². The molecule has 1 N–H and O–H groups in total. The molecular weight excluding hydrogens is 226 g/mol. The van der Waals surface area contributed by atoms with Gasteiger partial charge in [-0.1, -0.05) is 12.5 Å². The second kappa shape index (κ2) is 7.93. The van der Waals surface area contributed by atoms with E-state index in [1.165, 1.54) is 5.57 Å². The number of methoxy groups -OCH3 is 1. The summed E-state index contributed by atoms with van der Waals surface area (Å²) < 4.78 is 11.4. The molecule has 0 aromatic carbocycles. The molecule has 106 valence electrons. The Labute approximate surface area is 112 Å². The smallest absolute Gasteiger partial charge is 0.0874 e. The van der Waals surface area contributed by atoms with Crippen molar-refractivity contribution in [2.75, 3.05) is 26.9 Å². The Hall–Kier alpha value is -0.380. The molecule has 1 rings (SSSR count). The highest BCUT2D eigenvalue weighted by molar-refractivity contribution is 4.98. The van der Waals surface area contributed by atoms with E-state index in [1.54, 1.807) is 0 Å². The van der Waals surface area contributed by atoms with Gasteiger partial charge in [-0.2, -0.15) is 0 Å². The second-order valence-electron chi connectivity index (χ2n) is 5.38. The maximum atomic E-state index is 5.90. The molecule has 0 aromatic rings. The van der Waals surface area contributed by atoms with Gasteiger partial charge < -0.3 is 14.8 Å². The van der Waals surface area contributed by atoms with E-state index in [9.17, 15) is 0 Å². The minimum absolute atomic E-state index is 0.0527. The molecule has 0 radical (unpaired) electrons. The van der Waals surface area contributed by atoms with Gasteiger partial charge in [-0.3, -0.25) is 0 Å². The molecule has 1 saturated heterocycles. The van der Waals surface area contributed by atoms with Crippen molar-refractivity contribution in [1.82, 2.24) is 5.32 Å². The fraction of sp³-hybridized carbons (Fsp3) is 0.867. The Morgan fingerprint density at radius 2 is 2.11 bits per heavy atom. The molecule has 1 heterocycles. The van der Waals surface area contributed by atoms with Crippen LogP contribution in [0.15, 0.2) is 12.2 Å². The molecular formula is C15H29NO2. The van der Waals surface area contributed by atoms with Gasteiger partial charge in [0.1, 0.15) is 0 Å². The van der Waals surface area contributed by atoms with Crippen LogP contribution in [0.5, 0.6) is 0 Å². The molecule has 1 atom stereocenters. The van der Waals surface area contributed by atoms with Crippen molar-refractivity contribution in [3.63, 3.8) is 0 Å². The summed E-state index contributed by atoms with van der Waals surface area (Å²) in [5.74, 6) is 0. The van der Waals surface area contributed by atoms with E-state index in [2.05, 4.69) is 25.7 Å². The maximum Gasteiger partial charge on any atom is 0.0874 e. The van der Waals surface area contributed by atoms with Crippen molar-refractivity contribution in [1.29, 1.82) is 0 Å². The number of ether oxygens (including phenoxy) is 2. The zero-order chi connectivity index (χ0) is 13.4. The van der Waals surface area contributed by atoms with Crippen LogP contribution in [0.1, 0.15) is 46.0 Å². The summed E-state index contributed by atoms with van der Waals surface area (Å²) in [7, 11) is 1.84. The van der Waals surface area contributed by atoms with Crippen LogP contribution >= 0.6 is 0 Å². The molecule has 0 amide bonds. The number of allylic oxidation sites excluding steroid dienone is 1. The van der Waals surface area contributed by atoms with Gasteiger partial charge in [-0.05, 0) is 32.7 Å². The minimum Gasteiger partial charge on any atom is -0.381 e. The van der Waals surface area contributed by atoms with E-state index in [-0.39, 0.29) is 5.60 Å². The summed E-state index contributed by atoms with van der Waals surface area (Å²) in [6.45, 7) is 11.0. The molecule has 1 aliphatic heterocycles. The van der Waals surface area contributed by atoms with E-state index in [0.717, 1.165) is 51.9 Å². The summed E-state index contributed by atoms with van der Waals surface area (Å²) in [4.78, 5) is 0. The summed E-state index contributed by atoms with van der Waals surface area (Å²) >= 11 is 0. The molecule has 0 saturated carbocycles. The number of rotatable bonds is 8. The van der Waals surface area contributed by atoms with Gasteiger partial charge in [0.05, 0.1) is 5.60 Å². The van der Waals surface area contributed by atoms with Crippen LogP contribution in [0.2, 0.25) is 0 Å². The zero-order valence-corrected chi connectivity index (χ0v) is 12.3. The highest BCUT2D eigenvalue weighted by Gasteiger charge is 2.39. The standard InChI is InChI=1S/C15H29NO2/c1-5-10-16-14(7-6-13(2)3)15(17-4)8-11-18-12-9-15/h14,16H,2,5-12H2,1,3-4H3. The van der Waals surface area contributed by atoms with Crippen LogP contribution < -0.4 is 5.32 Å². The first kappa shape index (κ1) is 15.7. The summed E-state index contributed by atoms with van der Waals surface area (Å²) in [6, 6.07) is 0.406. The van der Waals surface area contributed by atoms with Crippen LogP contribution in [-0.2, 0) is 9.47 Å². The van der Waals surface area contributed by atoms with Gasteiger partial charge in [0.2, 0.25) is 0 Å². The van der Waals surface area contributed by atoms with Gasteiger partial charge >= 0.3 is 0 Å². The largest absolute Gasteiger partial charge is 0.381 e. The predicted molar refractivity (Wildman–Crippen MR) is 75.9 cm³/mol. The Kier molecular flexibility index (Phi) is 6.90. The van der Waals surface area contributed by atoms with Gasteiger partial charge in [0.25, 0.3) is 0 Å². The molecule has 3 heteroatoms. The number of nitrogens with one attached hydrogen (secondary N) is 1. The first-order valence-electron chi connectivity index (χ1n) is 7.15. The molecule has 1 aliphatic rings. The quantitative estimate of drug-likeness (QED) is 0.677. The van der Waals surface area contributed by atoms with Gasteiger partial charge in [0.15, 0.2) is 0 Å². The lowest BCUT2D eigenvalue weighted by molar-refractivity contribution is -0.111. The topological polar surface area (TPSA) is 30.5 Å². The second-order valence-corrected chi connectivity index (χ2v) is 5.38. The first-order valence-corrected chi connectivity index (χ1v) is 7.15. The van der Waals surface area contributed by atoms with Crippen LogP contribution in [0.4, 0.5) is 0 Å². The molecule has 3 nitrogen and oxygen atoms in total. The lowest BCUT2D eigenvalue weighted by Gasteiger charge is -2.43. The monoisotopic (exact) mass is 255 g/mol. The van der Waals surface area contributed by atoms with Crippen LogP contribution in [-0.4, -0.2) is 38.5 Å². The van der Waals surface area contributed by atoms with Crippen molar-refractivity contribution < 1.29 is 9.47 Å². The summed E-state index contributed by atoms with van der Waals surface area (Å²) in [5, 5.41) is 3.66. The molecule has 1 fully saturated rings. The Balaban J connectivity index is 2.66. The third-order valence-electron chi connectivity index (χ3n) is 3.88. The highest BCUT2D eigenvalue weighted by atomic mass is 16.5.